The number of carbonyl (C=O) groups is 1. The molecular formula is C10H13FN2O2. The third kappa shape index (κ3) is 2.92. The van der Waals surface area contributed by atoms with Crippen LogP contribution in [-0.2, 0) is 4.79 Å². The molecule has 0 saturated heterocycles. The number of nitrogens with two attached hydrogens (primary N) is 1. The van der Waals surface area contributed by atoms with Crippen LogP contribution in [0.3, 0.4) is 0 Å². The fraction of sp³-hybridized carbons (Fsp3) is 0.300. The molecule has 0 aliphatic heterocycles. The molecule has 0 bridgehead atoms. The Balaban J connectivity index is 2.80. The standard InChI is InChI=1S/C10H13FN2O2/c1-6(12)10(14)13-7-3-4-9(15-2)8(11)5-7/h3-6H,12H2,1-2H3,(H,13,14)/t6-/m1/s1. The molecule has 0 radical (unpaired) electrons. The van der Waals surface area contributed by atoms with E-state index in [0.717, 1.165) is 0 Å². The molecule has 0 unspecified atom stereocenters. The number of ether oxygens (including phenoxy) is 1. The highest BCUT2D eigenvalue weighted by atomic mass is 19.1. The lowest BCUT2D eigenvalue weighted by Crippen LogP contribution is -2.32. The summed E-state index contributed by atoms with van der Waals surface area (Å²) in [6, 6.07) is 3.53. The lowest BCUT2D eigenvalue weighted by molar-refractivity contribution is -0.117. The highest BCUT2D eigenvalue weighted by Gasteiger charge is 2.09. The monoisotopic (exact) mass is 212 g/mol. The summed E-state index contributed by atoms with van der Waals surface area (Å²) < 4.78 is 17.9. The molecule has 0 heterocycles. The SMILES string of the molecule is COc1ccc(NC(=O)[C@@H](C)N)cc1F. The predicted molar refractivity (Wildman–Crippen MR) is 55.2 cm³/mol. The Kier molecular flexibility index (Phi) is 3.62. The van der Waals surface area contributed by atoms with E-state index >= 15 is 0 Å². The van der Waals surface area contributed by atoms with Crippen LogP contribution in [0.25, 0.3) is 0 Å². The highest BCUT2D eigenvalue weighted by Crippen LogP contribution is 2.20. The molecule has 1 amide bonds. The predicted octanol–water partition coefficient (Wildman–Crippen LogP) is 1.12. The van der Waals surface area contributed by atoms with Crippen LogP contribution in [0.15, 0.2) is 18.2 Å². The first-order valence-electron chi connectivity index (χ1n) is 4.44. The van der Waals surface area contributed by atoms with Crippen LogP contribution in [-0.4, -0.2) is 19.1 Å². The van der Waals surface area contributed by atoms with Crippen molar-refractivity contribution in [2.75, 3.05) is 12.4 Å². The van der Waals surface area contributed by atoms with Crippen molar-refractivity contribution in [1.82, 2.24) is 0 Å². The summed E-state index contributed by atoms with van der Waals surface area (Å²) in [6.07, 6.45) is 0. The van der Waals surface area contributed by atoms with Gasteiger partial charge in [0.05, 0.1) is 13.2 Å². The molecule has 5 heteroatoms. The summed E-state index contributed by atoms with van der Waals surface area (Å²) >= 11 is 0. The van der Waals surface area contributed by atoms with Gasteiger partial charge in [0.15, 0.2) is 11.6 Å². The van der Waals surface area contributed by atoms with Gasteiger partial charge in [-0.15, -0.1) is 0 Å². The molecule has 1 rings (SSSR count). The molecule has 1 aromatic rings. The zero-order valence-electron chi connectivity index (χ0n) is 8.58. The maximum Gasteiger partial charge on any atom is 0.241 e. The van der Waals surface area contributed by atoms with Gasteiger partial charge < -0.3 is 15.8 Å². The molecule has 3 N–H and O–H groups in total. The number of anilines is 1. The Labute approximate surface area is 87.2 Å². The Morgan fingerprint density at radius 3 is 2.73 bits per heavy atom. The Hall–Kier alpha value is -1.62. The number of rotatable bonds is 3. The Morgan fingerprint density at radius 1 is 1.60 bits per heavy atom. The van der Waals surface area contributed by atoms with E-state index < -0.39 is 11.9 Å². The molecule has 0 spiro atoms. The zero-order chi connectivity index (χ0) is 11.4. The number of nitrogens with one attached hydrogen (secondary N) is 1. The van der Waals surface area contributed by atoms with E-state index in [4.69, 9.17) is 10.5 Å². The summed E-state index contributed by atoms with van der Waals surface area (Å²) in [5.41, 5.74) is 5.70. The van der Waals surface area contributed by atoms with Crippen molar-refractivity contribution in [2.45, 2.75) is 13.0 Å². The topological polar surface area (TPSA) is 64.3 Å². The number of halogens is 1. The number of carbonyl (C=O) groups excluding carboxylic acids is 1. The minimum atomic E-state index is -0.629. The average molecular weight is 212 g/mol. The largest absolute Gasteiger partial charge is 0.494 e. The van der Waals surface area contributed by atoms with Gasteiger partial charge in [0.25, 0.3) is 0 Å². The van der Waals surface area contributed by atoms with Crippen LogP contribution in [0.5, 0.6) is 5.75 Å². The van der Waals surface area contributed by atoms with Gasteiger partial charge in [-0.05, 0) is 19.1 Å². The lowest BCUT2D eigenvalue weighted by atomic mass is 10.2. The normalized spacial score (nSPS) is 12.0. The van der Waals surface area contributed by atoms with Crippen LogP contribution >= 0.6 is 0 Å². The van der Waals surface area contributed by atoms with Crippen molar-refractivity contribution in [3.63, 3.8) is 0 Å². The second-order valence-corrected chi connectivity index (χ2v) is 3.13. The van der Waals surface area contributed by atoms with Crippen molar-refractivity contribution in [2.24, 2.45) is 5.73 Å². The number of benzene rings is 1. The first-order valence-corrected chi connectivity index (χ1v) is 4.44. The van der Waals surface area contributed by atoms with E-state index in [1.165, 1.54) is 19.2 Å². The minimum Gasteiger partial charge on any atom is -0.494 e. The van der Waals surface area contributed by atoms with Gasteiger partial charge in [0, 0.05) is 11.8 Å². The lowest BCUT2D eigenvalue weighted by Gasteiger charge is -2.08. The van der Waals surface area contributed by atoms with E-state index in [0.29, 0.717) is 5.69 Å². The van der Waals surface area contributed by atoms with Crippen molar-refractivity contribution >= 4 is 11.6 Å². The van der Waals surface area contributed by atoms with Crippen LogP contribution < -0.4 is 15.8 Å². The molecule has 0 aliphatic rings. The highest BCUT2D eigenvalue weighted by molar-refractivity contribution is 5.94. The van der Waals surface area contributed by atoms with E-state index in [1.54, 1.807) is 13.0 Å². The maximum atomic E-state index is 13.2. The third-order valence-electron chi connectivity index (χ3n) is 1.83. The number of hydrogen-bond acceptors (Lipinski definition) is 3. The first-order chi connectivity index (χ1) is 7.04. The number of methoxy groups -OCH3 is 1. The Morgan fingerprint density at radius 2 is 2.27 bits per heavy atom. The van der Waals surface area contributed by atoms with Crippen molar-refractivity contribution in [1.29, 1.82) is 0 Å². The molecule has 15 heavy (non-hydrogen) atoms. The summed E-state index contributed by atoms with van der Waals surface area (Å²) in [7, 11) is 1.37. The van der Waals surface area contributed by atoms with Gasteiger partial charge in [-0.3, -0.25) is 4.79 Å². The maximum absolute atomic E-state index is 13.2. The zero-order valence-corrected chi connectivity index (χ0v) is 8.58. The van der Waals surface area contributed by atoms with Crippen LogP contribution in [0.2, 0.25) is 0 Å². The minimum absolute atomic E-state index is 0.133. The Bertz CT molecular complexity index is 366. The van der Waals surface area contributed by atoms with Crippen LogP contribution in [0.4, 0.5) is 10.1 Å². The van der Waals surface area contributed by atoms with Gasteiger partial charge in [0.2, 0.25) is 5.91 Å². The summed E-state index contributed by atoms with van der Waals surface area (Å²) in [5.74, 6) is -0.756. The molecule has 1 aromatic carbocycles. The van der Waals surface area contributed by atoms with E-state index in [9.17, 15) is 9.18 Å². The summed E-state index contributed by atoms with van der Waals surface area (Å²) in [4.78, 5) is 11.2. The fourth-order valence-corrected chi connectivity index (χ4v) is 1.00. The molecule has 0 fully saturated rings. The van der Waals surface area contributed by atoms with Crippen molar-refractivity contribution in [3.05, 3.63) is 24.0 Å². The van der Waals surface area contributed by atoms with Gasteiger partial charge in [-0.25, -0.2) is 4.39 Å². The molecule has 0 saturated carbocycles. The smallest absolute Gasteiger partial charge is 0.241 e. The van der Waals surface area contributed by atoms with Gasteiger partial charge in [-0.2, -0.15) is 0 Å². The van der Waals surface area contributed by atoms with Gasteiger partial charge >= 0.3 is 0 Å². The summed E-state index contributed by atoms with van der Waals surface area (Å²) in [5, 5.41) is 2.47. The van der Waals surface area contributed by atoms with Crippen LogP contribution in [0, 0.1) is 5.82 Å². The quantitative estimate of drug-likeness (QED) is 0.789. The molecule has 0 aromatic heterocycles. The number of hydrogen-bond donors (Lipinski definition) is 2. The van der Waals surface area contributed by atoms with E-state index in [1.807, 2.05) is 0 Å². The molecule has 82 valence electrons. The second-order valence-electron chi connectivity index (χ2n) is 3.13. The van der Waals surface area contributed by atoms with E-state index in [-0.39, 0.29) is 11.7 Å². The molecule has 1 atom stereocenters. The van der Waals surface area contributed by atoms with Gasteiger partial charge in [0.1, 0.15) is 0 Å². The van der Waals surface area contributed by atoms with Crippen LogP contribution in [0.1, 0.15) is 6.92 Å². The third-order valence-corrected chi connectivity index (χ3v) is 1.83. The second kappa shape index (κ2) is 4.75. The molecule has 0 aliphatic carbocycles. The van der Waals surface area contributed by atoms with Crippen molar-refractivity contribution < 1.29 is 13.9 Å². The fourth-order valence-electron chi connectivity index (χ4n) is 1.00. The van der Waals surface area contributed by atoms with E-state index in [2.05, 4.69) is 5.32 Å². The summed E-state index contributed by atoms with van der Waals surface area (Å²) in [6.45, 7) is 1.55. The number of amides is 1. The first kappa shape index (κ1) is 11.5. The average Bonchev–Trinajstić information content (AvgIpc) is 2.18. The van der Waals surface area contributed by atoms with Crippen molar-refractivity contribution in [3.8, 4) is 5.75 Å². The molecule has 4 nitrogen and oxygen atoms in total. The molecular weight excluding hydrogens is 199 g/mol. The van der Waals surface area contributed by atoms with Gasteiger partial charge in [-0.1, -0.05) is 0 Å².